The fourth-order valence-corrected chi connectivity index (χ4v) is 5.31. The van der Waals surface area contributed by atoms with Gasteiger partial charge in [-0.25, -0.2) is 23.0 Å². The number of carbonyl (C=O) groups is 1. The molecule has 5 rings (SSSR count). The molecule has 4 aromatic rings. The number of nitrogen functional groups attached to an aromatic ring is 1. The van der Waals surface area contributed by atoms with Crippen molar-refractivity contribution >= 4 is 43.9 Å². The minimum Gasteiger partial charge on any atom is -0.383 e. The van der Waals surface area contributed by atoms with E-state index in [1.165, 1.54) is 42.0 Å². The minimum absolute atomic E-state index is 0.0575. The average Bonchev–Trinajstić information content (AvgIpc) is 3.47. The van der Waals surface area contributed by atoms with Gasteiger partial charge in [0.2, 0.25) is 0 Å². The second-order valence-electron chi connectivity index (χ2n) is 8.47. The second-order valence-corrected chi connectivity index (χ2v) is 10.4. The first-order valence-electron chi connectivity index (χ1n) is 12.6. The number of allylic oxidation sites excluding steroid dienone is 2. The Morgan fingerprint density at radius 2 is 1.92 bits per heavy atom. The van der Waals surface area contributed by atoms with E-state index in [-0.39, 0.29) is 56.2 Å². The molecular weight excluding hydrogens is 510 g/mol. The van der Waals surface area contributed by atoms with Crippen molar-refractivity contribution in [1.29, 1.82) is 0 Å². The highest BCUT2D eigenvalue weighted by atomic mass is 32.2. The molecule has 0 saturated carbocycles. The van der Waals surface area contributed by atoms with E-state index >= 15 is 8.78 Å². The summed E-state index contributed by atoms with van der Waals surface area (Å²) in [6, 6.07) is 7.49. The number of nitrogens with one attached hydrogen (secondary N) is 1. The molecule has 0 aliphatic carbocycles. The van der Waals surface area contributed by atoms with Crippen molar-refractivity contribution in [2.24, 2.45) is 11.3 Å². The largest absolute Gasteiger partial charge is 0.383 e. The van der Waals surface area contributed by atoms with Gasteiger partial charge in [0.15, 0.2) is 0 Å². The van der Waals surface area contributed by atoms with Crippen LogP contribution in [-0.4, -0.2) is 24.7 Å². The van der Waals surface area contributed by atoms with Gasteiger partial charge in [0.25, 0.3) is 5.91 Å². The van der Waals surface area contributed by atoms with Gasteiger partial charge in [-0.1, -0.05) is 24.8 Å². The number of hydrogen-bond donors (Lipinski definition) is 2. The third-order valence-electron chi connectivity index (χ3n) is 5.78. The Morgan fingerprint density at radius 1 is 1.16 bits per heavy atom. The molecule has 1 amide bonds. The number of benzene rings is 2. The Bertz CT molecular complexity index is 1940. The van der Waals surface area contributed by atoms with E-state index in [0.717, 1.165) is 23.0 Å². The molecular formula is C27H22F2N6O2S. The molecule has 2 aromatic heterocycles. The molecule has 3 heterocycles. The molecule has 11 heteroatoms. The summed E-state index contributed by atoms with van der Waals surface area (Å²) in [6.45, 7) is 2.16. The highest BCUT2D eigenvalue weighted by Crippen LogP contribution is 2.43. The summed E-state index contributed by atoms with van der Waals surface area (Å²) < 4.78 is 73.4. The fraction of sp³-hybridized carbons (Fsp3) is 0.0741. The van der Waals surface area contributed by atoms with Crippen LogP contribution < -0.4 is 11.1 Å². The summed E-state index contributed by atoms with van der Waals surface area (Å²) in [7, 11) is -2.92. The summed E-state index contributed by atoms with van der Waals surface area (Å²) in [5.41, 5.74) is 6.00. The van der Waals surface area contributed by atoms with Gasteiger partial charge in [0, 0.05) is 44.3 Å². The van der Waals surface area contributed by atoms with Crippen LogP contribution in [0.3, 0.4) is 0 Å². The number of nitrogens with two attached hydrogens (primary N) is 1. The molecule has 38 heavy (non-hydrogen) atoms. The van der Waals surface area contributed by atoms with Crippen molar-refractivity contribution in [2.75, 3.05) is 11.1 Å². The summed E-state index contributed by atoms with van der Waals surface area (Å²) in [4.78, 5) is 20.1. The van der Waals surface area contributed by atoms with Crippen molar-refractivity contribution in [3.05, 3.63) is 89.5 Å². The monoisotopic (exact) mass is 535 g/mol. The Kier molecular flexibility index (Phi) is 5.27. The van der Waals surface area contributed by atoms with Gasteiger partial charge in [0.05, 0.1) is 20.8 Å². The van der Waals surface area contributed by atoms with Gasteiger partial charge >= 0.3 is 0 Å². The van der Waals surface area contributed by atoms with Crippen molar-refractivity contribution < 1.29 is 21.9 Å². The molecule has 2 aromatic carbocycles. The highest BCUT2D eigenvalue weighted by Gasteiger charge is 2.24. The van der Waals surface area contributed by atoms with E-state index in [1.54, 1.807) is 12.2 Å². The molecule has 1 aliphatic heterocycles. The standard InChI is InChI=1S/C27H22F2N6O2S/c1-15(2)27(36)33-17-7-8-18(19(28)13-17)24-22(23-25(30)31-14-32-26(23)35(24)3)16-6-9-21(20(29)12-16)34-38(37)10-4-5-11-38/h4-14H,1H2,2-3H3,(H,33,36)(H2,30,31,32)/i3D3. The first-order valence-corrected chi connectivity index (χ1v) is 12.8. The van der Waals surface area contributed by atoms with Crippen LogP contribution in [0.1, 0.15) is 11.0 Å². The van der Waals surface area contributed by atoms with Crippen molar-refractivity contribution in [2.45, 2.75) is 6.92 Å². The van der Waals surface area contributed by atoms with Crippen molar-refractivity contribution in [1.82, 2.24) is 14.5 Å². The van der Waals surface area contributed by atoms with E-state index in [1.807, 2.05) is 0 Å². The topological polar surface area (TPSA) is 115 Å². The normalized spacial score (nSPS) is 15.2. The maximum atomic E-state index is 15.7. The SMILES string of the molecule is [2H]C([2H])([2H])n1c(-c2ccc(NC(=O)C(=C)C)cc2F)c(-c2ccc(N=S3(=O)C=CC=C3)c(F)c2)c2c(N)ncnc21. The van der Waals surface area contributed by atoms with Gasteiger partial charge < -0.3 is 15.6 Å². The van der Waals surface area contributed by atoms with E-state index in [0.29, 0.717) is 0 Å². The van der Waals surface area contributed by atoms with Crippen molar-refractivity contribution in [3.63, 3.8) is 0 Å². The van der Waals surface area contributed by atoms with Gasteiger partial charge in [-0.15, -0.1) is 0 Å². The number of aromatic nitrogens is 3. The van der Waals surface area contributed by atoms with Crippen LogP contribution in [0.5, 0.6) is 0 Å². The highest BCUT2D eigenvalue weighted by molar-refractivity contribution is 7.99. The third kappa shape index (κ3) is 4.37. The van der Waals surface area contributed by atoms with E-state index in [4.69, 9.17) is 9.85 Å². The van der Waals surface area contributed by atoms with Crippen LogP contribution in [0.15, 0.2) is 82.2 Å². The second kappa shape index (κ2) is 9.34. The minimum atomic E-state index is -2.92. The number of hydrogen-bond acceptors (Lipinski definition) is 6. The molecule has 3 N–H and O–H groups in total. The lowest BCUT2D eigenvalue weighted by Crippen LogP contribution is -2.12. The maximum absolute atomic E-state index is 15.7. The smallest absolute Gasteiger partial charge is 0.250 e. The molecule has 0 spiro atoms. The number of halogens is 2. The molecule has 1 aliphatic rings. The van der Waals surface area contributed by atoms with Crippen LogP contribution in [0.4, 0.5) is 26.0 Å². The number of anilines is 2. The van der Waals surface area contributed by atoms with Crippen molar-refractivity contribution in [3.8, 4) is 22.4 Å². The summed E-state index contributed by atoms with van der Waals surface area (Å²) in [5, 5.41) is 5.27. The fourth-order valence-electron chi connectivity index (χ4n) is 4.01. The quantitative estimate of drug-likeness (QED) is 0.313. The number of rotatable bonds is 5. The lowest BCUT2D eigenvalue weighted by molar-refractivity contribution is -0.112. The first-order chi connectivity index (χ1) is 19.3. The molecule has 0 unspecified atom stereocenters. The molecule has 0 radical (unpaired) electrons. The lowest BCUT2D eigenvalue weighted by Gasteiger charge is -2.12. The first kappa shape index (κ1) is 21.4. The molecule has 0 atom stereocenters. The molecule has 0 saturated heterocycles. The Labute approximate surface area is 221 Å². The Hall–Kier alpha value is -4.64. The molecule has 8 nitrogen and oxygen atoms in total. The predicted octanol–water partition coefficient (Wildman–Crippen LogP) is 5.82. The van der Waals surface area contributed by atoms with E-state index in [9.17, 15) is 9.00 Å². The summed E-state index contributed by atoms with van der Waals surface area (Å²) in [5.74, 6) is -2.37. The molecule has 192 valence electrons. The Morgan fingerprint density at radius 3 is 2.58 bits per heavy atom. The zero-order valence-electron chi connectivity index (χ0n) is 22.9. The molecule has 0 fully saturated rings. The van der Waals surface area contributed by atoms with E-state index in [2.05, 4.69) is 26.2 Å². The van der Waals surface area contributed by atoms with Crippen LogP contribution in [0, 0.1) is 11.6 Å². The third-order valence-corrected chi connectivity index (χ3v) is 7.36. The van der Waals surface area contributed by atoms with E-state index < -0.39 is 34.2 Å². The van der Waals surface area contributed by atoms with Gasteiger partial charge in [-0.2, -0.15) is 4.36 Å². The Balaban J connectivity index is 1.79. The summed E-state index contributed by atoms with van der Waals surface area (Å²) in [6.07, 6.45) is 4.16. The maximum Gasteiger partial charge on any atom is 0.250 e. The van der Waals surface area contributed by atoms with Gasteiger partial charge in [0.1, 0.15) is 35.1 Å². The van der Waals surface area contributed by atoms with Gasteiger partial charge in [-0.05, 0) is 42.8 Å². The number of amides is 1. The zero-order chi connectivity index (χ0) is 29.7. The predicted molar refractivity (Wildman–Crippen MR) is 146 cm³/mol. The van der Waals surface area contributed by atoms with Gasteiger partial charge in [-0.3, -0.25) is 4.79 Å². The number of aryl methyl sites for hydroxylation is 1. The van der Waals surface area contributed by atoms with Crippen LogP contribution in [0.2, 0.25) is 0 Å². The van der Waals surface area contributed by atoms with Crippen LogP contribution >= 0.6 is 0 Å². The number of nitrogens with zero attached hydrogens (tertiary/aromatic N) is 4. The lowest BCUT2D eigenvalue weighted by atomic mass is 9.98. The van der Waals surface area contributed by atoms with Crippen LogP contribution in [0.25, 0.3) is 33.4 Å². The molecule has 0 bridgehead atoms. The average molecular weight is 536 g/mol. The zero-order valence-corrected chi connectivity index (χ0v) is 20.7. The number of fused-ring (bicyclic) bond motifs is 1. The number of carbonyl (C=O) groups excluding carboxylic acids is 1. The van der Waals surface area contributed by atoms with Crippen LogP contribution in [-0.2, 0) is 21.5 Å². The summed E-state index contributed by atoms with van der Waals surface area (Å²) >= 11 is 0.